The molecule has 142 heavy (non-hydrogen) atoms. The van der Waals surface area contributed by atoms with Gasteiger partial charge in [0.2, 0.25) is 0 Å². The van der Waals surface area contributed by atoms with Crippen LogP contribution in [-0.2, 0) is 70.1 Å². The lowest BCUT2D eigenvalue weighted by atomic mass is 9.86. The average Bonchev–Trinajstić information content (AvgIpc) is 0.821. The SMILES string of the molecule is CC(C)(C)c1ccc(C(F)(F)NCCCN=C(N)N)cc1.CC(C)(C)c1ccc(C(F)NCCCN=C(N)N)cc1.CC(C)(C)c1ccc(CNC(F)(F)CCN=C(N)N)cc1.CC(C)(C)c1ccc(CNC(F)CCN=C(N)N)cc1.CC(C)(C)c1ccc(CNCC(F)CN=C(N)N)cc1.CC(CN=C(N)N)CNCc1ccc(C(C)(C)C)cc1.CC(NCCCN=C(N)N)c1ccc(C(C)(C)C)cc1. The number of nitrogens with zero attached hydrogens (tertiary/aromatic N) is 7. The van der Waals surface area contributed by atoms with E-state index in [-0.39, 0.29) is 124 Å². The lowest BCUT2D eigenvalue weighted by molar-refractivity contribution is -0.0421. The molecule has 0 bridgehead atoms. The predicted octanol–water partition coefficient (Wildman–Crippen LogP) is 14.8. The van der Waals surface area contributed by atoms with Crippen molar-refractivity contribution in [3.05, 3.63) is 248 Å². The lowest BCUT2D eigenvalue weighted by Crippen LogP contribution is -2.37. The minimum Gasteiger partial charge on any atom is -0.370 e. The highest BCUT2D eigenvalue weighted by Crippen LogP contribution is 2.32. The summed E-state index contributed by atoms with van der Waals surface area (Å²) >= 11 is 0. The molecule has 0 saturated heterocycles. The minimum absolute atomic E-state index is 0.00169. The molecule has 5 unspecified atom stereocenters. The minimum atomic E-state index is -3.06. The van der Waals surface area contributed by atoms with Gasteiger partial charge in [0.15, 0.2) is 54.3 Å². The highest BCUT2D eigenvalue weighted by atomic mass is 19.3. The summed E-state index contributed by atoms with van der Waals surface area (Å²) in [5, 5.41) is 20.0. The molecule has 796 valence electrons. The van der Waals surface area contributed by atoms with E-state index in [1.807, 2.05) is 81.4 Å². The first-order valence-corrected chi connectivity index (χ1v) is 48.6. The van der Waals surface area contributed by atoms with Crippen LogP contribution >= 0.6 is 0 Å². The van der Waals surface area contributed by atoms with Crippen molar-refractivity contribution in [2.24, 2.45) is 121 Å². The van der Waals surface area contributed by atoms with Gasteiger partial charge in [0.05, 0.1) is 6.54 Å². The Bertz CT molecular complexity index is 4630. The molecular weight excluding hydrogens is 1810 g/mol. The van der Waals surface area contributed by atoms with Crippen molar-refractivity contribution in [1.29, 1.82) is 0 Å². The van der Waals surface area contributed by atoms with E-state index in [0.29, 0.717) is 82.7 Å². The Morgan fingerprint density at radius 1 is 0.289 bits per heavy atom. The monoisotopic (exact) mass is 1990 g/mol. The molecule has 5 atom stereocenters. The third-order valence-electron chi connectivity index (χ3n) is 21.8. The Kier molecular flexibility index (Phi) is 57.7. The van der Waals surface area contributed by atoms with Crippen molar-refractivity contribution >= 4 is 41.7 Å². The van der Waals surface area contributed by atoms with Crippen LogP contribution in [-0.4, -0.2) is 139 Å². The van der Waals surface area contributed by atoms with Gasteiger partial charge in [0, 0.05) is 109 Å². The molecule has 35 N–H and O–H groups in total. The van der Waals surface area contributed by atoms with E-state index in [1.165, 1.54) is 56.6 Å². The second-order valence-electron chi connectivity index (χ2n) is 42.4. The Morgan fingerprint density at radius 3 is 0.923 bits per heavy atom. The van der Waals surface area contributed by atoms with Crippen LogP contribution in [0.1, 0.15) is 282 Å². The first-order valence-electron chi connectivity index (χ1n) is 48.6. The van der Waals surface area contributed by atoms with E-state index in [4.69, 9.17) is 80.3 Å². The number of alkyl halides is 7. The number of hydrogen-bond acceptors (Lipinski definition) is 14. The lowest BCUT2D eigenvalue weighted by Gasteiger charge is -2.22. The van der Waals surface area contributed by atoms with E-state index >= 15 is 0 Å². The summed E-state index contributed by atoms with van der Waals surface area (Å²) in [5.74, 6) is 0.527. The van der Waals surface area contributed by atoms with Gasteiger partial charge in [0.1, 0.15) is 6.17 Å². The summed E-state index contributed by atoms with van der Waals surface area (Å²) in [7, 11) is 0. The quantitative estimate of drug-likeness (QED) is 0.00555. The normalized spacial score (nSPS) is 12.8. The zero-order valence-electron chi connectivity index (χ0n) is 89.3. The van der Waals surface area contributed by atoms with E-state index in [0.717, 1.165) is 48.3 Å². The van der Waals surface area contributed by atoms with Crippen LogP contribution in [0.4, 0.5) is 30.7 Å². The molecule has 0 amide bonds. The number of nitrogens with two attached hydrogens (primary N) is 14. The molecule has 35 heteroatoms. The van der Waals surface area contributed by atoms with Crippen molar-refractivity contribution in [2.75, 3.05) is 78.5 Å². The van der Waals surface area contributed by atoms with Crippen LogP contribution in [0.2, 0.25) is 0 Å². The number of halogens is 7. The maximum atomic E-state index is 14.0. The molecule has 7 rings (SSSR count). The number of hydrogen-bond donors (Lipinski definition) is 21. The molecule has 0 aliphatic rings. The molecule has 0 aliphatic carbocycles. The topological polar surface area (TPSA) is 535 Å². The second-order valence-corrected chi connectivity index (χ2v) is 42.4. The van der Waals surface area contributed by atoms with Gasteiger partial charge in [-0.25, -0.2) is 13.2 Å². The summed E-state index contributed by atoms with van der Waals surface area (Å²) in [4.78, 5) is 26.5. The Hall–Kier alpha value is -11.3. The summed E-state index contributed by atoms with van der Waals surface area (Å²) in [5.41, 5.74) is 88.4. The molecule has 7 aromatic carbocycles. The number of aliphatic imine (C=N–C) groups is 7. The highest BCUT2D eigenvalue weighted by Gasteiger charge is 2.32. The Balaban J connectivity index is 0.000000828. The largest absolute Gasteiger partial charge is 0.370 e. The van der Waals surface area contributed by atoms with Gasteiger partial charge >= 0.3 is 12.1 Å². The number of benzene rings is 7. The van der Waals surface area contributed by atoms with Crippen molar-refractivity contribution in [2.45, 2.75) is 292 Å². The average molecular weight is 1990 g/mol. The molecule has 0 aromatic heterocycles. The summed E-state index contributed by atoms with van der Waals surface area (Å²) in [6.07, 6.45) is -1.47. The molecule has 0 spiro atoms. The van der Waals surface area contributed by atoms with E-state index in [9.17, 15) is 30.7 Å². The second kappa shape index (κ2) is 63.6. The molecular formula is C107H179F7N28. The highest BCUT2D eigenvalue weighted by molar-refractivity contribution is 5.77. The Morgan fingerprint density at radius 2 is 0.570 bits per heavy atom. The zero-order chi connectivity index (χ0) is 108. The van der Waals surface area contributed by atoms with Gasteiger partial charge in [-0.3, -0.25) is 56.2 Å². The molecule has 0 heterocycles. The van der Waals surface area contributed by atoms with E-state index in [2.05, 4.69) is 296 Å². The first kappa shape index (κ1) is 129. The molecule has 28 nitrogen and oxygen atoms in total. The van der Waals surface area contributed by atoms with Crippen LogP contribution in [0.15, 0.2) is 205 Å². The first-order chi connectivity index (χ1) is 65.7. The summed E-state index contributed by atoms with van der Waals surface area (Å²) in [6.45, 7) is 56.7. The van der Waals surface area contributed by atoms with E-state index < -0.39 is 37.3 Å². The maximum absolute atomic E-state index is 14.0. The van der Waals surface area contributed by atoms with Gasteiger partial charge in [-0.15, -0.1) is 0 Å². The van der Waals surface area contributed by atoms with Crippen LogP contribution in [0.3, 0.4) is 0 Å². The van der Waals surface area contributed by atoms with Gasteiger partial charge < -0.3 is 96.2 Å². The van der Waals surface area contributed by atoms with E-state index in [1.54, 1.807) is 12.1 Å². The number of nitrogens with one attached hydrogen (secondary N) is 7. The van der Waals surface area contributed by atoms with Crippen LogP contribution in [0, 0.1) is 5.92 Å². The standard InChI is InChI=1S/2C16H28N4.2C15H24F2N4.3C15H25FN4/c1-12(19-10-5-11-20-15(17)18)13-6-8-14(9-7-13)16(2,3)4;1-12(10-20-15(17)18)9-19-11-13-5-7-14(8-6-13)16(2,3)4;1-14(2,3)11-5-7-12(8-6-11)15(16,17)21-10-4-9-20-13(18)19;1-14(2,3)12-6-4-11(5-7-12)10-21-15(16,17)8-9-20-13(18)19;1-15(2,3)12-7-5-11(6-8-12)13(16)19-9-4-10-20-14(17)18;1-15(2,3)12-6-4-11(5-7-12)8-19-9-13(16)10-20-14(17)18;1-15(2,3)12-6-4-11(5-7-12)10-20-13(16)8-9-19-14(17)18/h6-9,12,19H,5,10-11H2,1-4H3,(H4,17,18,20);5-8,12,19H,9-11H2,1-4H3,(H4,17,18,20);5-8,21H,4,9-10H2,1-3H3,(H4,18,19,20);4-7,21H,8-10H2,1-3H3,(H4,18,19,20);5-8,13,19H,4,9-10H2,1-3H3,(H4,17,18,20);4-7,13,19H,8-10H2,1-3H3,(H4,17,18,20);4-7,13,20H,8-10H2,1-3H3,(H4,17,18,19). The third kappa shape index (κ3) is 60.8. The van der Waals surface area contributed by atoms with Gasteiger partial charge in [-0.2, -0.15) is 17.6 Å². The predicted molar refractivity (Wildman–Crippen MR) is 585 cm³/mol. The maximum Gasteiger partial charge on any atom is 0.329 e. The van der Waals surface area contributed by atoms with Gasteiger partial charge in [0.25, 0.3) is 0 Å². The van der Waals surface area contributed by atoms with Gasteiger partial charge in [-0.1, -0.05) is 322 Å². The van der Waals surface area contributed by atoms with Crippen LogP contribution in [0.5, 0.6) is 0 Å². The third-order valence-corrected chi connectivity index (χ3v) is 21.8. The van der Waals surface area contributed by atoms with Crippen molar-refractivity contribution in [3.63, 3.8) is 0 Å². The molecule has 0 radical (unpaired) electrons. The fourth-order valence-corrected chi connectivity index (χ4v) is 12.8. The van der Waals surface area contributed by atoms with Crippen molar-refractivity contribution in [1.82, 2.24) is 37.2 Å². The number of rotatable bonds is 42. The van der Waals surface area contributed by atoms with Crippen molar-refractivity contribution < 1.29 is 30.7 Å². The molecule has 0 saturated carbocycles. The zero-order valence-corrected chi connectivity index (χ0v) is 89.3. The smallest absolute Gasteiger partial charge is 0.329 e. The van der Waals surface area contributed by atoms with Gasteiger partial charge in [-0.05, 0) is 156 Å². The number of guanidine groups is 7. The molecule has 7 aromatic rings. The summed E-state index contributed by atoms with van der Waals surface area (Å²) in [6, 6.07) is 50.2. The molecule has 0 aliphatic heterocycles. The molecule has 0 fully saturated rings. The Labute approximate surface area is 845 Å². The van der Waals surface area contributed by atoms with Crippen molar-refractivity contribution in [3.8, 4) is 0 Å². The summed E-state index contributed by atoms with van der Waals surface area (Å²) < 4.78 is 96.0. The fourth-order valence-electron chi connectivity index (χ4n) is 12.8. The van der Waals surface area contributed by atoms with Crippen LogP contribution in [0.25, 0.3) is 0 Å². The fraction of sp³-hybridized carbons (Fsp3) is 0.542. The van der Waals surface area contributed by atoms with Crippen LogP contribution < -0.4 is 117 Å².